The summed E-state index contributed by atoms with van der Waals surface area (Å²) in [5.41, 5.74) is 2.12. The Bertz CT molecular complexity index is 808. The maximum Gasteiger partial charge on any atom is 0.249 e. The third-order valence-electron chi connectivity index (χ3n) is 3.89. The number of hydrogen-bond donors (Lipinski definition) is 1. The molecule has 0 aliphatic heterocycles. The van der Waals surface area contributed by atoms with Crippen LogP contribution in [0.3, 0.4) is 0 Å². The minimum atomic E-state index is 0.471. The van der Waals surface area contributed by atoms with Crippen LogP contribution in [0.15, 0.2) is 60.8 Å². The van der Waals surface area contributed by atoms with E-state index >= 15 is 0 Å². The first-order chi connectivity index (χ1) is 12.8. The summed E-state index contributed by atoms with van der Waals surface area (Å²) in [6.45, 7) is 6.32. The van der Waals surface area contributed by atoms with Gasteiger partial charge in [0.15, 0.2) is 5.82 Å². The van der Waals surface area contributed by atoms with Crippen LogP contribution in [-0.2, 0) is 6.54 Å². The van der Waals surface area contributed by atoms with E-state index in [9.17, 15) is 0 Å². The van der Waals surface area contributed by atoms with Crippen molar-refractivity contribution < 1.29 is 4.74 Å². The first-order valence-electron chi connectivity index (χ1n) is 8.77. The Hall–Kier alpha value is -3.15. The highest BCUT2D eigenvalue weighted by Gasteiger charge is 2.09. The smallest absolute Gasteiger partial charge is 0.249 e. The average Bonchev–Trinajstić information content (AvgIpc) is 2.69. The van der Waals surface area contributed by atoms with Crippen molar-refractivity contribution in [1.29, 1.82) is 0 Å². The summed E-state index contributed by atoms with van der Waals surface area (Å²) >= 11 is 0. The van der Waals surface area contributed by atoms with Gasteiger partial charge in [-0.25, -0.2) is 0 Å². The van der Waals surface area contributed by atoms with Crippen molar-refractivity contribution in [2.45, 2.75) is 20.4 Å². The molecule has 6 nitrogen and oxygen atoms in total. The van der Waals surface area contributed by atoms with Gasteiger partial charge in [-0.3, -0.25) is 0 Å². The second kappa shape index (κ2) is 8.80. The molecule has 2 aromatic carbocycles. The van der Waals surface area contributed by atoms with E-state index in [1.165, 1.54) is 5.56 Å². The van der Waals surface area contributed by atoms with Crippen molar-refractivity contribution >= 4 is 17.5 Å². The fraction of sp³-hybridized carbons (Fsp3) is 0.250. The largest absolute Gasteiger partial charge is 0.494 e. The summed E-state index contributed by atoms with van der Waals surface area (Å²) in [4.78, 5) is 6.76. The zero-order valence-corrected chi connectivity index (χ0v) is 15.1. The maximum absolute atomic E-state index is 5.45. The molecule has 0 amide bonds. The van der Waals surface area contributed by atoms with Crippen LogP contribution in [0.25, 0.3) is 0 Å². The van der Waals surface area contributed by atoms with Gasteiger partial charge in [-0.1, -0.05) is 30.3 Å². The fourth-order valence-corrected chi connectivity index (χ4v) is 2.59. The Morgan fingerprint density at radius 2 is 1.77 bits per heavy atom. The molecule has 0 fully saturated rings. The van der Waals surface area contributed by atoms with E-state index in [2.05, 4.69) is 44.5 Å². The van der Waals surface area contributed by atoms with Gasteiger partial charge in [0.1, 0.15) is 5.75 Å². The monoisotopic (exact) mass is 349 g/mol. The normalized spacial score (nSPS) is 10.4. The first kappa shape index (κ1) is 17.7. The lowest BCUT2D eigenvalue weighted by Crippen LogP contribution is -2.23. The molecule has 134 valence electrons. The van der Waals surface area contributed by atoms with Crippen molar-refractivity contribution in [3.63, 3.8) is 0 Å². The van der Waals surface area contributed by atoms with Crippen molar-refractivity contribution in [1.82, 2.24) is 15.2 Å². The summed E-state index contributed by atoms with van der Waals surface area (Å²) in [6.07, 6.45) is 1.69. The fourth-order valence-electron chi connectivity index (χ4n) is 2.59. The topological polar surface area (TPSA) is 63.2 Å². The summed E-state index contributed by atoms with van der Waals surface area (Å²) in [5.74, 6) is 2.10. The molecule has 1 heterocycles. The van der Waals surface area contributed by atoms with Crippen LogP contribution in [0, 0.1) is 0 Å². The highest BCUT2D eigenvalue weighted by molar-refractivity contribution is 5.55. The number of aromatic nitrogens is 3. The maximum atomic E-state index is 5.45. The lowest BCUT2D eigenvalue weighted by molar-refractivity contribution is 0.340. The predicted octanol–water partition coefficient (Wildman–Crippen LogP) is 4.04. The van der Waals surface area contributed by atoms with Crippen molar-refractivity contribution in [2.75, 3.05) is 23.4 Å². The Morgan fingerprint density at radius 3 is 2.46 bits per heavy atom. The molecule has 0 aliphatic rings. The average molecular weight is 349 g/mol. The molecule has 0 spiro atoms. The zero-order chi connectivity index (χ0) is 18.2. The number of hydrogen-bond acceptors (Lipinski definition) is 6. The summed E-state index contributed by atoms with van der Waals surface area (Å²) in [6, 6.07) is 18.0. The van der Waals surface area contributed by atoms with Gasteiger partial charge >= 0.3 is 0 Å². The van der Waals surface area contributed by atoms with E-state index < -0.39 is 0 Å². The van der Waals surface area contributed by atoms with Crippen LogP contribution in [0.2, 0.25) is 0 Å². The summed E-state index contributed by atoms with van der Waals surface area (Å²) in [7, 11) is 0. The third-order valence-corrected chi connectivity index (χ3v) is 3.89. The third kappa shape index (κ3) is 4.69. The molecule has 0 unspecified atom stereocenters. The van der Waals surface area contributed by atoms with Gasteiger partial charge in [0.25, 0.3) is 0 Å². The Kier molecular flexibility index (Phi) is 5.98. The highest BCUT2D eigenvalue weighted by Crippen LogP contribution is 2.20. The highest BCUT2D eigenvalue weighted by atomic mass is 16.5. The van der Waals surface area contributed by atoms with E-state index in [1.807, 2.05) is 49.4 Å². The molecule has 3 aromatic rings. The number of rotatable bonds is 8. The van der Waals surface area contributed by atoms with Crippen molar-refractivity contribution in [3.8, 4) is 5.75 Å². The van der Waals surface area contributed by atoms with Crippen LogP contribution in [0.5, 0.6) is 5.75 Å². The van der Waals surface area contributed by atoms with Gasteiger partial charge in [-0.2, -0.15) is 10.1 Å². The SMILES string of the molecule is CCOc1ccc(Nc2nncc(N(CC)Cc3ccccc3)n2)cc1. The van der Waals surface area contributed by atoms with Crippen LogP contribution in [-0.4, -0.2) is 28.3 Å². The van der Waals surface area contributed by atoms with Crippen molar-refractivity contribution in [3.05, 3.63) is 66.4 Å². The molecule has 0 radical (unpaired) electrons. The molecule has 0 saturated heterocycles. The summed E-state index contributed by atoms with van der Waals surface area (Å²) < 4.78 is 5.45. The second-order valence-corrected chi connectivity index (χ2v) is 5.72. The van der Waals surface area contributed by atoms with Crippen LogP contribution < -0.4 is 15.0 Å². The quantitative estimate of drug-likeness (QED) is 0.662. The van der Waals surface area contributed by atoms with Gasteiger partial charge in [0, 0.05) is 18.8 Å². The lowest BCUT2D eigenvalue weighted by Gasteiger charge is -2.21. The molecule has 0 atom stereocenters. The zero-order valence-electron chi connectivity index (χ0n) is 15.1. The molecule has 0 bridgehead atoms. The van der Waals surface area contributed by atoms with Crippen LogP contribution in [0.1, 0.15) is 19.4 Å². The number of nitrogens with zero attached hydrogens (tertiary/aromatic N) is 4. The predicted molar refractivity (Wildman–Crippen MR) is 104 cm³/mol. The van der Waals surface area contributed by atoms with Gasteiger partial charge in [0.2, 0.25) is 5.95 Å². The molecule has 0 saturated carbocycles. The second-order valence-electron chi connectivity index (χ2n) is 5.72. The van der Waals surface area contributed by atoms with E-state index in [0.717, 1.165) is 30.3 Å². The van der Waals surface area contributed by atoms with E-state index in [-0.39, 0.29) is 0 Å². The molecule has 1 N–H and O–H groups in total. The van der Waals surface area contributed by atoms with Crippen LogP contribution in [0.4, 0.5) is 17.5 Å². The van der Waals surface area contributed by atoms with Gasteiger partial charge in [0.05, 0.1) is 12.8 Å². The number of nitrogens with one attached hydrogen (secondary N) is 1. The Balaban J connectivity index is 1.72. The van der Waals surface area contributed by atoms with E-state index in [1.54, 1.807) is 6.20 Å². The Morgan fingerprint density at radius 1 is 1.00 bits per heavy atom. The molecule has 6 heteroatoms. The van der Waals surface area contributed by atoms with Crippen LogP contribution >= 0.6 is 0 Å². The molecular formula is C20H23N5O. The van der Waals surface area contributed by atoms with Gasteiger partial charge in [-0.15, -0.1) is 5.10 Å². The molecule has 1 aromatic heterocycles. The molecular weight excluding hydrogens is 326 g/mol. The molecule has 26 heavy (non-hydrogen) atoms. The van der Waals surface area contributed by atoms with E-state index in [0.29, 0.717) is 12.6 Å². The van der Waals surface area contributed by atoms with Gasteiger partial charge < -0.3 is 15.0 Å². The first-order valence-corrected chi connectivity index (χ1v) is 8.77. The summed E-state index contributed by atoms with van der Waals surface area (Å²) in [5, 5.41) is 11.4. The number of ether oxygens (including phenoxy) is 1. The lowest BCUT2D eigenvalue weighted by atomic mass is 10.2. The number of benzene rings is 2. The molecule has 3 rings (SSSR count). The molecule has 0 aliphatic carbocycles. The minimum Gasteiger partial charge on any atom is -0.494 e. The minimum absolute atomic E-state index is 0.471. The van der Waals surface area contributed by atoms with Gasteiger partial charge in [-0.05, 0) is 43.7 Å². The number of anilines is 3. The van der Waals surface area contributed by atoms with Crippen molar-refractivity contribution in [2.24, 2.45) is 0 Å². The standard InChI is InChI=1S/C20H23N5O/c1-3-25(15-16-8-6-5-7-9-16)19-14-21-24-20(23-19)22-17-10-12-18(13-11-17)26-4-2/h5-14H,3-4,15H2,1-2H3,(H,22,23,24). The Labute approximate surface area is 153 Å². The van der Waals surface area contributed by atoms with E-state index in [4.69, 9.17) is 4.74 Å².